The van der Waals surface area contributed by atoms with Gasteiger partial charge in [-0.3, -0.25) is 4.79 Å². The summed E-state index contributed by atoms with van der Waals surface area (Å²) in [6, 6.07) is 11.9. The van der Waals surface area contributed by atoms with Gasteiger partial charge in [0.2, 0.25) is 0 Å². The van der Waals surface area contributed by atoms with Crippen LogP contribution in [0.25, 0.3) is 21.1 Å². The number of hydrogen-bond acceptors (Lipinski definition) is 4. The standard InChI is InChI=1S/C21H19ClN4OS/c1-13-16(22)6-7-18-19(13)24-21(28-18)26-10-8-25(9-11-26)20(27)15-12-23-17-5-3-2-4-14(15)17/h2-7,12,23H,8-11H2,1H3. The minimum atomic E-state index is 0.0871. The first kappa shape index (κ1) is 17.5. The summed E-state index contributed by atoms with van der Waals surface area (Å²) in [6.07, 6.45) is 1.82. The van der Waals surface area contributed by atoms with E-state index in [0.29, 0.717) is 13.1 Å². The van der Waals surface area contributed by atoms with Crippen molar-refractivity contribution in [2.75, 3.05) is 31.1 Å². The number of carbonyl (C=O) groups excluding carboxylic acids is 1. The lowest BCUT2D eigenvalue weighted by molar-refractivity contribution is 0.0749. The van der Waals surface area contributed by atoms with E-state index in [4.69, 9.17) is 16.6 Å². The van der Waals surface area contributed by atoms with E-state index in [1.807, 2.05) is 54.4 Å². The maximum Gasteiger partial charge on any atom is 0.256 e. The van der Waals surface area contributed by atoms with E-state index in [0.717, 1.165) is 55.5 Å². The van der Waals surface area contributed by atoms with Crippen molar-refractivity contribution in [2.24, 2.45) is 0 Å². The lowest BCUT2D eigenvalue weighted by atomic mass is 10.1. The van der Waals surface area contributed by atoms with Crippen LogP contribution in [-0.2, 0) is 0 Å². The molecule has 0 bridgehead atoms. The Balaban J connectivity index is 1.34. The number of para-hydroxylation sites is 1. The molecular weight excluding hydrogens is 392 g/mol. The van der Waals surface area contributed by atoms with Crippen LogP contribution in [0, 0.1) is 6.92 Å². The summed E-state index contributed by atoms with van der Waals surface area (Å²) >= 11 is 7.91. The molecule has 4 aromatic rings. The molecule has 5 rings (SSSR count). The van der Waals surface area contributed by atoms with Gasteiger partial charge >= 0.3 is 0 Å². The molecule has 28 heavy (non-hydrogen) atoms. The summed E-state index contributed by atoms with van der Waals surface area (Å²) in [5.41, 5.74) is 3.74. The highest BCUT2D eigenvalue weighted by molar-refractivity contribution is 7.22. The van der Waals surface area contributed by atoms with Crippen molar-refractivity contribution in [1.82, 2.24) is 14.9 Å². The molecule has 0 spiro atoms. The molecule has 0 radical (unpaired) electrons. The highest BCUT2D eigenvalue weighted by Crippen LogP contribution is 2.34. The van der Waals surface area contributed by atoms with Crippen LogP contribution < -0.4 is 4.90 Å². The third-order valence-electron chi connectivity index (χ3n) is 5.39. The van der Waals surface area contributed by atoms with E-state index in [1.165, 1.54) is 0 Å². The van der Waals surface area contributed by atoms with E-state index in [1.54, 1.807) is 11.3 Å². The summed E-state index contributed by atoms with van der Waals surface area (Å²) in [6.45, 7) is 4.94. The number of anilines is 1. The van der Waals surface area contributed by atoms with Crippen LogP contribution in [0.1, 0.15) is 15.9 Å². The molecule has 0 unspecified atom stereocenters. The number of nitrogens with one attached hydrogen (secondary N) is 1. The summed E-state index contributed by atoms with van der Waals surface area (Å²) in [4.78, 5) is 25.2. The first-order chi connectivity index (χ1) is 13.6. The number of aromatic nitrogens is 2. The van der Waals surface area contributed by atoms with Gasteiger partial charge in [0.15, 0.2) is 5.13 Å². The Kier molecular flexibility index (Phi) is 4.25. The molecule has 3 heterocycles. The van der Waals surface area contributed by atoms with Gasteiger partial charge in [0.05, 0.1) is 15.8 Å². The Bertz CT molecular complexity index is 1190. The number of nitrogens with zero attached hydrogens (tertiary/aromatic N) is 3. The number of aryl methyl sites for hydroxylation is 1. The number of H-pyrrole nitrogens is 1. The van der Waals surface area contributed by atoms with E-state index in [-0.39, 0.29) is 5.91 Å². The predicted molar refractivity (Wildman–Crippen MR) is 116 cm³/mol. The predicted octanol–water partition coefficient (Wildman–Crippen LogP) is 4.70. The highest BCUT2D eigenvalue weighted by Gasteiger charge is 2.25. The SMILES string of the molecule is Cc1c(Cl)ccc2sc(N3CCN(C(=O)c4c[nH]c5ccccc45)CC3)nc12. The van der Waals surface area contributed by atoms with Crippen molar-refractivity contribution in [3.63, 3.8) is 0 Å². The lowest BCUT2D eigenvalue weighted by Crippen LogP contribution is -2.48. The van der Waals surface area contributed by atoms with Gasteiger partial charge in [-0.25, -0.2) is 4.98 Å². The molecule has 2 aromatic heterocycles. The summed E-state index contributed by atoms with van der Waals surface area (Å²) in [7, 11) is 0. The molecule has 7 heteroatoms. The lowest BCUT2D eigenvalue weighted by Gasteiger charge is -2.34. The number of carbonyl (C=O) groups is 1. The average Bonchev–Trinajstić information content (AvgIpc) is 3.35. The third kappa shape index (κ3) is 2.84. The smallest absolute Gasteiger partial charge is 0.256 e. The van der Waals surface area contributed by atoms with Gasteiger partial charge in [0.1, 0.15) is 0 Å². The maximum absolute atomic E-state index is 13.0. The maximum atomic E-state index is 13.0. The van der Waals surface area contributed by atoms with Crippen molar-refractivity contribution in [2.45, 2.75) is 6.92 Å². The zero-order valence-corrected chi connectivity index (χ0v) is 17.0. The third-order valence-corrected chi connectivity index (χ3v) is 6.88. The van der Waals surface area contributed by atoms with Crippen molar-refractivity contribution in [3.8, 4) is 0 Å². The van der Waals surface area contributed by atoms with Crippen LogP contribution in [0.2, 0.25) is 5.02 Å². The Hall–Kier alpha value is -2.57. The molecule has 1 fully saturated rings. The zero-order valence-electron chi connectivity index (χ0n) is 15.4. The summed E-state index contributed by atoms with van der Waals surface area (Å²) < 4.78 is 1.15. The van der Waals surface area contributed by atoms with E-state index >= 15 is 0 Å². The second-order valence-electron chi connectivity index (χ2n) is 7.04. The monoisotopic (exact) mass is 410 g/mol. The van der Waals surface area contributed by atoms with Crippen molar-refractivity contribution in [3.05, 3.63) is 58.7 Å². The summed E-state index contributed by atoms with van der Waals surface area (Å²) in [5.74, 6) is 0.0871. The number of fused-ring (bicyclic) bond motifs is 2. The molecule has 0 aliphatic carbocycles. The van der Waals surface area contributed by atoms with E-state index in [9.17, 15) is 4.79 Å². The minimum Gasteiger partial charge on any atom is -0.360 e. The minimum absolute atomic E-state index is 0.0871. The van der Waals surface area contributed by atoms with Gasteiger partial charge in [-0.15, -0.1) is 0 Å². The van der Waals surface area contributed by atoms with Gasteiger partial charge in [-0.1, -0.05) is 41.1 Å². The van der Waals surface area contributed by atoms with Gasteiger partial charge in [-0.05, 0) is 30.7 Å². The molecule has 142 valence electrons. The number of hydrogen-bond donors (Lipinski definition) is 1. The largest absolute Gasteiger partial charge is 0.360 e. The van der Waals surface area contributed by atoms with Crippen molar-refractivity contribution < 1.29 is 4.79 Å². The van der Waals surface area contributed by atoms with Gasteiger partial charge < -0.3 is 14.8 Å². The number of aromatic amines is 1. The fourth-order valence-electron chi connectivity index (χ4n) is 3.74. The first-order valence-electron chi connectivity index (χ1n) is 9.28. The van der Waals surface area contributed by atoms with Gasteiger partial charge in [0.25, 0.3) is 5.91 Å². The number of amides is 1. The molecule has 0 saturated carbocycles. The quantitative estimate of drug-likeness (QED) is 0.521. The topological polar surface area (TPSA) is 52.2 Å². The highest BCUT2D eigenvalue weighted by atomic mass is 35.5. The van der Waals surface area contributed by atoms with Crippen molar-refractivity contribution in [1.29, 1.82) is 0 Å². The normalized spacial score (nSPS) is 14.9. The zero-order chi connectivity index (χ0) is 19.3. The molecule has 1 saturated heterocycles. The van der Waals surface area contributed by atoms with Crippen LogP contribution in [0.15, 0.2) is 42.6 Å². The number of halogens is 1. The van der Waals surface area contributed by atoms with Crippen LogP contribution in [0.3, 0.4) is 0 Å². The molecule has 5 nitrogen and oxygen atoms in total. The molecule has 1 amide bonds. The Morgan fingerprint density at radius 3 is 2.75 bits per heavy atom. The fraction of sp³-hybridized carbons (Fsp3) is 0.238. The first-order valence-corrected chi connectivity index (χ1v) is 10.5. The molecule has 0 atom stereocenters. The number of benzene rings is 2. The van der Waals surface area contributed by atoms with Gasteiger partial charge in [0, 0.05) is 48.3 Å². The molecule has 1 aliphatic heterocycles. The van der Waals surface area contributed by atoms with Crippen molar-refractivity contribution >= 4 is 55.1 Å². The number of rotatable bonds is 2. The second-order valence-corrected chi connectivity index (χ2v) is 8.46. The fourth-order valence-corrected chi connectivity index (χ4v) is 4.97. The molecule has 1 N–H and O–H groups in total. The number of piperazine rings is 1. The van der Waals surface area contributed by atoms with Crippen LogP contribution in [0.4, 0.5) is 5.13 Å². The molecule has 2 aromatic carbocycles. The Labute approximate surface area is 171 Å². The van der Waals surface area contributed by atoms with E-state index in [2.05, 4.69) is 9.88 Å². The summed E-state index contributed by atoms with van der Waals surface area (Å²) in [5, 5.41) is 2.73. The molecule has 1 aliphatic rings. The van der Waals surface area contributed by atoms with Crippen LogP contribution >= 0.6 is 22.9 Å². The Morgan fingerprint density at radius 2 is 1.93 bits per heavy atom. The van der Waals surface area contributed by atoms with Gasteiger partial charge in [-0.2, -0.15) is 0 Å². The van der Waals surface area contributed by atoms with Crippen LogP contribution in [-0.4, -0.2) is 47.0 Å². The Morgan fingerprint density at radius 1 is 1.14 bits per heavy atom. The average molecular weight is 411 g/mol. The number of thiazole rings is 1. The van der Waals surface area contributed by atoms with Crippen LogP contribution in [0.5, 0.6) is 0 Å². The molecular formula is C21H19ClN4OS. The van der Waals surface area contributed by atoms with E-state index < -0.39 is 0 Å². The second kappa shape index (κ2) is 6.79.